The number of hydrogen-bond acceptors (Lipinski definition) is 3. The normalized spacial score (nSPS) is 17.0. The second kappa shape index (κ2) is 10.5. The van der Waals surface area contributed by atoms with Crippen LogP contribution in [0.4, 0.5) is 0 Å². The van der Waals surface area contributed by atoms with Crippen LogP contribution in [0.25, 0.3) is 0 Å². The zero-order valence-electron chi connectivity index (χ0n) is 14.7. The number of nitrogens with zero attached hydrogens (tertiary/aromatic N) is 2. The molecule has 1 heterocycles. The molecule has 0 aromatic heterocycles. The summed E-state index contributed by atoms with van der Waals surface area (Å²) in [5, 5.41) is 7.55. The van der Waals surface area contributed by atoms with Crippen LogP contribution in [0.1, 0.15) is 18.4 Å². The zero-order chi connectivity index (χ0) is 17.2. The first kappa shape index (κ1) is 19.0. The highest BCUT2D eigenvalue weighted by molar-refractivity contribution is 6.31. The van der Waals surface area contributed by atoms with Crippen molar-refractivity contribution in [1.29, 1.82) is 0 Å². The molecule has 1 aromatic carbocycles. The second-order valence-corrected chi connectivity index (χ2v) is 6.58. The first-order valence-electron chi connectivity index (χ1n) is 8.62. The van der Waals surface area contributed by atoms with Crippen LogP contribution in [-0.2, 0) is 11.3 Å². The number of halogens is 1. The molecule has 0 radical (unpaired) electrons. The van der Waals surface area contributed by atoms with Crippen LogP contribution in [0.2, 0.25) is 5.02 Å². The molecule has 24 heavy (non-hydrogen) atoms. The molecule has 0 spiro atoms. The standard InChI is InChI=1S/C18H29ClN4O/c1-20-18(22-14-16-5-3-4-6-17(16)19)21-13-15-7-9-23(10-8-15)11-12-24-2/h3-6,15H,7-14H2,1-2H3,(H2,20,21,22). The van der Waals surface area contributed by atoms with Crippen molar-refractivity contribution in [2.75, 3.05) is 46.9 Å². The predicted octanol–water partition coefficient (Wildman–Crippen LogP) is 2.36. The van der Waals surface area contributed by atoms with Gasteiger partial charge >= 0.3 is 0 Å². The summed E-state index contributed by atoms with van der Waals surface area (Å²) >= 11 is 6.19. The monoisotopic (exact) mass is 352 g/mol. The first-order chi connectivity index (χ1) is 11.7. The molecule has 0 amide bonds. The average molecular weight is 353 g/mol. The molecule has 0 aliphatic carbocycles. The lowest BCUT2D eigenvalue weighted by Crippen LogP contribution is -2.43. The molecule has 2 N–H and O–H groups in total. The van der Waals surface area contributed by atoms with Gasteiger partial charge in [-0.05, 0) is 43.5 Å². The number of rotatable bonds is 7. The molecule has 1 aliphatic rings. The van der Waals surface area contributed by atoms with Crippen molar-refractivity contribution in [3.05, 3.63) is 34.9 Å². The molecule has 1 saturated heterocycles. The number of ether oxygens (including phenoxy) is 1. The van der Waals surface area contributed by atoms with Gasteiger partial charge in [-0.1, -0.05) is 29.8 Å². The Labute approximate surface area is 150 Å². The third-order valence-electron chi connectivity index (χ3n) is 4.50. The molecular formula is C18H29ClN4O. The molecule has 0 saturated carbocycles. The Hall–Kier alpha value is -1.30. The fourth-order valence-corrected chi connectivity index (χ4v) is 3.12. The van der Waals surface area contributed by atoms with Gasteiger partial charge in [0.1, 0.15) is 0 Å². The molecule has 1 aliphatic heterocycles. The van der Waals surface area contributed by atoms with E-state index < -0.39 is 0 Å². The van der Waals surface area contributed by atoms with Gasteiger partial charge in [0.15, 0.2) is 5.96 Å². The van der Waals surface area contributed by atoms with Crippen molar-refractivity contribution >= 4 is 17.6 Å². The minimum absolute atomic E-state index is 0.675. The third kappa shape index (κ3) is 6.30. The van der Waals surface area contributed by atoms with E-state index in [4.69, 9.17) is 16.3 Å². The Morgan fingerprint density at radius 1 is 1.29 bits per heavy atom. The SMILES string of the molecule is CN=C(NCc1ccccc1Cl)NCC1CCN(CCOC)CC1. The highest BCUT2D eigenvalue weighted by atomic mass is 35.5. The minimum Gasteiger partial charge on any atom is -0.383 e. The van der Waals surface area contributed by atoms with E-state index in [0.717, 1.165) is 49.3 Å². The van der Waals surface area contributed by atoms with E-state index in [9.17, 15) is 0 Å². The Bertz CT molecular complexity index is 515. The van der Waals surface area contributed by atoms with Gasteiger partial charge in [0, 0.05) is 38.8 Å². The van der Waals surface area contributed by atoms with Crippen LogP contribution >= 0.6 is 11.6 Å². The van der Waals surface area contributed by atoms with E-state index in [2.05, 4.69) is 20.5 Å². The number of nitrogens with one attached hydrogen (secondary N) is 2. The molecular weight excluding hydrogens is 324 g/mol. The maximum atomic E-state index is 6.19. The number of aliphatic imine (C=N–C) groups is 1. The van der Waals surface area contributed by atoms with E-state index >= 15 is 0 Å². The van der Waals surface area contributed by atoms with Crippen LogP contribution in [0.15, 0.2) is 29.3 Å². The van der Waals surface area contributed by atoms with Crippen molar-refractivity contribution in [3.63, 3.8) is 0 Å². The summed E-state index contributed by atoms with van der Waals surface area (Å²) in [4.78, 5) is 6.77. The van der Waals surface area contributed by atoms with Crippen LogP contribution in [0.3, 0.4) is 0 Å². The van der Waals surface area contributed by atoms with Gasteiger partial charge in [-0.3, -0.25) is 4.99 Å². The number of benzene rings is 1. The van der Waals surface area contributed by atoms with Crippen molar-refractivity contribution < 1.29 is 4.74 Å². The maximum Gasteiger partial charge on any atom is 0.191 e. The molecule has 1 fully saturated rings. The Morgan fingerprint density at radius 3 is 2.71 bits per heavy atom. The summed E-state index contributed by atoms with van der Waals surface area (Å²) in [5.74, 6) is 1.53. The smallest absolute Gasteiger partial charge is 0.191 e. The first-order valence-corrected chi connectivity index (χ1v) is 9.00. The van der Waals surface area contributed by atoms with Gasteiger partial charge in [-0.2, -0.15) is 0 Å². The highest BCUT2D eigenvalue weighted by Gasteiger charge is 2.18. The van der Waals surface area contributed by atoms with E-state index in [1.165, 1.54) is 12.8 Å². The summed E-state index contributed by atoms with van der Waals surface area (Å²) in [6.07, 6.45) is 2.44. The lowest BCUT2D eigenvalue weighted by Gasteiger charge is -2.32. The van der Waals surface area contributed by atoms with E-state index in [1.807, 2.05) is 24.3 Å². The van der Waals surface area contributed by atoms with Gasteiger partial charge in [-0.25, -0.2) is 0 Å². The maximum absolute atomic E-state index is 6.19. The minimum atomic E-state index is 0.675. The van der Waals surface area contributed by atoms with Gasteiger partial charge in [0.25, 0.3) is 0 Å². The van der Waals surface area contributed by atoms with E-state index in [1.54, 1.807) is 14.2 Å². The molecule has 0 unspecified atom stereocenters. The average Bonchev–Trinajstić information content (AvgIpc) is 2.62. The molecule has 6 heteroatoms. The summed E-state index contributed by atoms with van der Waals surface area (Å²) in [7, 11) is 3.56. The highest BCUT2D eigenvalue weighted by Crippen LogP contribution is 2.16. The lowest BCUT2D eigenvalue weighted by atomic mass is 9.97. The number of piperidine rings is 1. The number of hydrogen-bond donors (Lipinski definition) is 2. The summed E-state index contributed by atoms with van der Waals surface area (Å²) in [6.45, 7) is 5.80. The van der Waals surface area contributed by atoms with Crippen LogP contribution in [0, 0.1) is 5.92 Å². The van der Waals surface area contributed by atoms with Gasteiger partial charge < -0.3 is 20.3 Å². The topological polar surface area (TPSA) is 48.9 Å². The zero-order valence-corrected chi connectivity index (χ0v) is 15.5. The molecule has 2 rings (SSSR count). The van der Waals surface area contributed by atoms with Crippen molar-refractivity contribution in [1.82, 2.24) is 15.5 Å². The fourth-order valence-electron chi connectivity index (χ4n) is 2.92. The fraction of sp³-hybridized carbons (Fsp3) is 0.611. The van der Waals surface area contributed by atoms with Crippen molar-refractivity contribution in [2.24, 2.45) is 10.9 Å². The van der Waals surface area contributed by atoms with Crippen LogP contribution in [-0.4, -0.2) is 57.8 Å². The number of likely N-dealkylation sites (tertiary alicyclic amines) is 1. The number of methoxy groups -OCH3 is 1. The predicted molar refractivity (Wildman–Crippen MR) is 101 cm³/mol. The summed E-state index contributed by atoms with van der Waals surface area (Å²) < 4.78 is 5.15. The van der Waals surface area contributed by atoms with E-state index in [-0.39, 0.29) is 0 Å². The van der Waals surface area contributed by atoms with Crippen LogP contribution in [0.5, 0.6) is 0 Å². The molecule has 0 bridgehead atoms. The van der Waals surface area contributed by atoms with Crippen LogP contribution < -0.4 is 10.6 Å². The number of guanidine groups is 1. The van der Waals surface area contributed by atoms with Gasteiger partial charge in [0.05, 0.1) is 6.61 Å². The lowest BCUT2D eigenvalue weighted by molar-refractivity contribution is 0.121. The van der Waals surface area contributed by atoms with E-state index in [0.29, 0.717) is 12.5 Å². The molecule has 1 aromatic rings. The third-order valence-corrected chi connectivity index (χ3v) is 4.87. The quantitative estimate of drug-likeness (QED) is 0.584. The summed E-state index contributed by atoms with van der Waals surface area (Å²) in [6, 6.07) is 7.87. The Balaban J connectivity index is 1.68. The second-order valence-electron chi connectivity index (χ2n) is 6.18. The van der Waals surface area contributed by atoms with Crippen molar-refractivity contribution in [2.45, 2.75) is 19.4 Å². The molecule has 5 nitrogen and oxygen atoms in total. The Kier molecular flexibility index (Phi) is 8.36. The Morgan fingerprint density at radius 2 is 2.04 bits per heavy atom. The summed E-state index contributed by atoms with van der Waals surface area (Å²) in [5.41, 5.74) is 1.08. The largest absolute Gasteiger partial charge is 0.383 e. The van der Waals surface area contributed by atoms with Gasteiger partial charge in [-0.15, -0.1) is 0 Å². The molecule has 0 atom stereocenters. The molecule has 134 valence electrons. The van der Waals surface area contributed by atoms with Gasteiger partial charge in [0.2, 0.25) is 0 Å². The van der Waals surface area contributed by atoms with Crippen molar-refractivity contribution in [3.8, 4) is 0 Å².